The van der Waals surface area contributed by atoms with Crippen molar-refractivity contribution in [2.24, 2.45) is 0 Å². The van der Waals surface area contributed by atoms with Crippen molar-refractivity contribution in [2.75, 3.05) is 31.1 Å². The van der Waals surface area contributed by atoms with Crippen LogP contribution in [0.5, 0.6) is 0 Å². The van der Waals surface area contributed by atoms with Crippen LogP contribution in [0.3, 0.4) is 0 Å². The van der Waals surface area contributed by atoms with Crippen LogP contribution in [0.25, 0.3) is 11.0 Å². The van der Waals surface area contributed by atoms with E-state index in [0.29, 0.717) is 26.2 Å². The van der Waals surface area contributed by atoms with Gasteiger partial charge < -0.3 is 14.9 Å². The molecular weight excluding hydrogens is 244 g/mol. The Kier molecular flexibility index (Phi) is 2.91. The molecule has 6 heteroatoms. The Bertz CT molecular complexity index is 608. The van der Waals surface area contributed by atoms with Gasteiger partial charge in [-0.1, -0.05) is 12.1 Å². The third kappa shape index (κ3) is 2.29. The van der Waals surface area contributed by atoms with E-state index in [1.807, 2.05) is 24.3 Å². The van der Waals surface area contributed by atoms with Gasteiger partial charge in [-0.2, -0.15) is 0 Å². The van der Waals surface area contributed by atoms with E-state index in [2.05, 4.69) is 14.9 Å². The Hall–Kier alpha value is -2.37. The van der Waals surface area contributed by atoms with Crippen molar-refractivity contribution >= 4 is 22.9 Å². The lowest BCUT2D eigenvalue weighted by molar-refractivity contribution is 0.142. The zero-order valence-corrected chi connectivity index (χ0v) is 10.4. The first-order valence-electron chi connectivity index (χ1n) is 6.18. The first kappa shape index (κ1) is 11.7. The lowest BCUT2D eigenvalue weighted by atomic mass is 10.3. The van der Waals surface area contributed by atoms with Crippen molar-refractivity contribution in [1.29, 1.82) is 0 Å². The molecule has 0 spiro atoms. The molecule has 0 atom stereocenters. The van der Waals surface area contributed by atoms with Gasteiger partial charge in [-0.3, -0.25) is 4.98 Å². The van der Waals surface area contributed by atoms with Crippen molar-refractivity contribution in [3.8, 4) is 0 Å². The maximum atomic E-state index is 10.9. The number of benzene rings is 1. The topological polar surface area (TPSA) is 69.6 Å². The molecule has 1 fully saturated rings. The number of carboxylic acid groups (broad SMARTS) is 1. The summed E-state index contributed by atoms with van der Waals surface area (Å²) >= 11 is 0. The third-order valence-corrected chi connectivity index (χ3v) is 3.31. The molecule has 98 valence electrons. The fourth-order valence-corrected chi connectivity index (χ4v) is 2.23. The number of hydrogen-bond donors (Lipinski definition) is 1. The van der Waals surface area contributed by atoms with Crippen LogP contribution in [0.1, 0.15) is 0 Å². The molecule has 1 aliphatic rings. The van der Waals surface area contributed by atoms with E-state index in [4.69, 9.17) is 5.11 Å². The highest BCUT2D eigenvalue weighted by molar-refractivity contribution is 5.75. The largest absolute Gasteiger partial charge is 0.465 e. The number of aromatic nitrogens is 2. The molecule has 1 aromatic carbocycles. The summed E-state index contributed by atoms with van der Waals surface area (Å²) in [5.74, 6) is 0.809. The maximum Gasteiger partial charge on any atom is 0.407 e. The van der Waals surface area contributed by atoms with Crippen LogP contribution in [0.4, 0.5) is 10.6 Å². The molecule has 1 N–H and O–H groups in total. The van der Waals surface area contributed by atoms with Gasteiger partial charge in [0.2, 0.25) is 0 Å². The number of amides is 1. The number of para-hydroxylation sites is 2. The van der Waals surface area contributed by atoms with Crippen LogP contribution >= 0.6 is 0 Å². The normalized spacial score (nSPS) is 15.8. The second-order valence-electron chi connectivity index (χ2n) is 4.47. The van der Waals surface area contributed by atoms with Crippen molar-refractivity contribution in [2.45, 2.75) is 0 Å². The molecule has 0 radical (unpaired) electrons. The molecule has 0 unspecified atom stereocenters. The molecule has 1 aliphatic heterocycles. The van der Waals surface area contributed by atoms with Crippen LogP contribution in [0.15, 0.2) is 30.5 Å². The van der Waals surface area contributed by atoms with E-state index in [0.717, 1.165) is 16.9 Å². The van der Waals surface area contributed by atoms with Gasteiger partial charge in [-0.15, -0.1) is 0 Å². The summed E-state index contributed by atoms with van der Waals surface area (Å²) in [5.41, 5.74) is 1.73. The van der Waals surface area contributed by atoms with Crippen LogP contribution in [-0.4, -0.2) is 52.2 Å². The van der Waals surface area contributed by atoms with Gasteiger partial charge in [0.1, 0.15) is 5.82 Å². The van der Waals surface area contributed by atoms with E-state index in [9.17, 15) is 4.79 Å². The summed E-state index contributed by atoms with van der Waals surface area (Å²) in [7, 11) is 0. The monoisotopic (exact) mass is 258 g/mol. The van der Waals surface area contributed by atoms with Gasteiger partial charge >= 0.3 is 6.09 Å². The summed E-state index contributed by atoms with van der Waals surface area (Å²) < 4.78 is 0. The summed E-state index contributed by atoms with van der Waals surface area (Å²) in [6.07, 6.45) is 0.892. The molecule has 1 amide bonds. The minimum atomic E-state index is -0.857. The Balaban J connectivity index is 1.80. The minimum Gasteiger partial charge on any atom is -0.465 e. The number of rotatable bonds is 1. The average Bonchev–Trinajstić information content (AvgIpc) is 2.47. The quantitative estimate of drug-likeness (QED) is 0.838. The molecule has 2 heterocycles. The Morgan fingerprint density at radius 1 is 1.11 bits per heavy atom. The van der Waals surface area contributed by atoms with Gasteiger partial charge in [0.25, 0.3) is 0 Å². The smallest absolute Gasteiger partial charge is 0.407 e. The number of piperazine rings is 1. The SMILES string of the molecule is O=C(O)N1CCN(c2cnc3ccccc3n2)CC1. The predicted molar refractivity (Wildman–Crippen MR) is 71.3 cm³/mol. The number of nitrogens with zero attached hydrogens (tertiary/aromatic N) is 4. The van der Waals surface area contributed by atoms with Crippen molar-refractivity contribution < 1.29 is 9.90 Å². The van der Waals surface area contributed by atoms with Crippen LogP contribution < -0.4 is 4.90 Å². The lowest BCUT2D eigenvalue weighted by Gasteiger charge is -2.33. The summed E-state index contributed by atoms with van der Waals surface area (Å²) in [6.45, 7) is 2.31. The van der Waals surface area contributed by atoms with Crippen molar-refractivity contribution in [3.63, 3.8) is 0 Å². The van der Waals surface area contributed by atoms with Gasteiger partial charge in [0, 0.05) is 26.2 Å². The van der Waals surface area contributed by atoms with E-state index in [1.165, 1.54) is 4.90 Å². The zero-order chi connectivity index (χ0) is 13.2. The molecule has 19 heavy (non-hydrogen) atoms. The summed E-state index contributed by atoms with van der Waals surface area (Å²) in [6, 6.07) is 7.72. The Morgan fingerprint density at radius 3 is 2.47 bits per heavy atom. The Morgan fingerprint density at radius 2 is 1.79 bits per heavy atom. The minimum absolute atomic E-state index is 0.504. The maximum absolute atomic E-state index is 10.9. The highest BCUT2D eigenvalue weighted by atomic mass is 16.4. The fourth-order valence-electron chi connectivity index (χ4n) is 2.23. The van der Waals surface area contributed by atoms with Gasteiger partial charge in [0.15, 0.2) is 0 Å². The second-order valence-corrected chi connectivity index (χ2v) is 4.47. The molecule has 1 saturated heterocycles. The van der Waals surface area contributed by atoms with Crippen LogP contribution in [0.2, 0.25) is 0 Å². The zero-order valence-electron chi connectivity index (χ0n) is 10.4. The molecule has 0 bridgehead atoms. The summed E-state index contributed by atoms with van der Waals surface area (Å²) in [5, 5.41) is 8.92. The van der Waals surface area contributed by atoms with Gasteiger partial charge in [0.05, 0.1) is 17.2 Å². The first-order chi connectivity index (χ1) is 9.24. The predicted octanol–water partition coefficient (Wildman–Crippen LogP) is 1.43. The van der Waals surface area contributed by atoms with E-state index >= 15 is 0 Å². The van der Waals surface area contributed by atoms with Gasteiger partial charge in [-0.25, -0.2) is 9.78 Å². The average molecular weight is 258 g/mol. The standard InChI is InChI=1S/C13H14N4O2/c18-13(19)17-7-5-16(6-8-17)12-9-14-10-3-1-2-4-11(10)15-12/h1-4,9H,5-8H2,(H,18,19). The number of anilines is 1. The first-order valence-corrected chi connectivity index (χ1v) is 6.18. The highest BCUT2D eigenvalue weighted by Gasteiger charge is 2.21. The third-order valence-electron chi connectivity index (χ3n) is 3.31. The second kappa shape index (κ2) is 4.72. The molecular formula is C13H14N4O2. The summed E-state index contributed by atoms with van der Waals surface area (Å²) in [4.78, 5) is 23.3. The highest BCUT2D eigenvalue weighted by Crippen LogP contribution is 2.16. The lowest BCUT2D eigenvalue weighted by Crippen LogP contribution is -2.48. The van der Waals surface area contributed by atoms with E-state index in [-0.39, 0.29) is 0 Å². The van der Waals surface area contributed by atoms with Crippen LogP contribution in [-0.2, 0) is 0 Å². The molecule has 0 aliphatic carbocycles. The molecule has 6 nitrogen and oxygen atoms in total. The molecule has 2 aromatic rings. The van der Waals surface area contributed by atoms with E-state index in [1.54, 1.807) is 6.20 Å². The molecule has 3 rings (SSSR count). The van der Waals surface area contributed by atoms with Crippen molar-refractivity contribution in [3.05, 3.63) is 30.5 Å². The number of carbonyl (C=O) groups is 1. The van der Waals surface area contributed by atoms with E-state index < -0.39 is 6.09 Å². The van der Waals surface area contributed by atoms with Crippen molar-refractivity contribution in [1.82, 2.24) is 14.9 Å². The molecule has 0 saturated carbocycles. The van der Waals surface area contributed by atoms with Gasteiger partial charge in [-0.05, 0) is 12.1 Å². The van der Waals surface area contributed by atoms with Crippen LogP contribution in [0, 0.1) is 0 Å². The Labute approximate surface area is 110 Å². The number of hydrogen-bond acceptors (Lipinski definition) is 4. The number of fused-ring (bicyclic) bond motifs is 1. The fraction of sp³-hybridized carbons (Fsp3) is 0.308. The molecule has 1 aromatic heterocycles.